The minimum Gasteiger partial charge on any atom is -0.351 e. The van der Waals surface area contributed by atoms with Crippen molar-refractivity contribution < 1.29 is 13.2 Å². The van der Waals surface area contributed by atoms with Gasteiger partial charge in [0.1, 0.15) is 4.21 Å². The molecule has 0 fully saturated rings. The fraction of sp³-hybridized carbons (Fsp3) is 0.615. The van der Waals surface area contributed by atoms with Crippen molar-refractivity contribution >= 4 is 39.7 Å². The number of halogens is 1. The van der Waals surface area contributed by atoms with E-state index in [1.54, 1.807) is 6.07 Å². The number of carbonyl (C=O) groups excluding carboxylic acids is 1. The number of hydrogen-bond donors (Lipinski definition) is 3. The van der Waals surface area contributed by atoms with Crippen LogP contribution in [0.4, 0.5) is 0 Å². The van der Waals surface area contributed by atoms with Crippen LogP contribution in [-0.2, 0) is 21.4 Å². The third kappa shape index (κ3) is 4.66. The summed E-state index contributed by atoms with van der Waals surface area (Å²) in [5.41, 5.74) is 5.19. The number of sulfonamides is 1. The van der Waals surface area contributed by atoms with Crippen LogP contribution in [0.2, 0.25) is 0 Å². The Hall–Kier alpha value is -0.670. The summed E-state index contributed by atoms with van der Waals surface area (Å²) in [6.45, 7) is 4.50. The minimum atomic E-state index is -3.42. The second-order valence-electron chi connectivity index (χ2n) is 4.80. The Morgan fingerprint density at radius 2 is 1.91 bits per heavy atom. The summed E-state index contributed by atoms with van der Waals surface area (Å²) in [4.78, 5) is 13.1. The van der Waals surface area contributed by atoms with Crippen LogP contribution in [0.25, 0.3) is 0 Å². The molecule has 6 nitrogen and oxygen atoms in total. The van der Waals surface area contributed by atoms with Crippen molar-refractivity contribution in [3.8, 4) is 0 Å². The highest BCUT2D eigenvalue weighted by atomic mass is 35.5. The molecule has 0 saturated carbocycles. The van der Waals surface area contributed by atoms with E-state index < -0.39 is 15.4 Å². The molecule has 0 spiro atoms. The number of nitrogens with two attached hydrogens (primary N) is 1. The Morgan fingerprint density at radius 1 is 1.32 bits per heavy atom. The monoisotopic (exact) mass is 369 g/mol. The molecular formula is C13H24ClN3O3S2. The molecule has 4 N–H and O–H groups in total. The Morgan fingerprint density at radius 3 is 2.36 bits per heavy atom. The predicted octanol–water partition coefficient (Wildman–Crippen LogP) is 1.46. The zero-order chi connectivity index (χ0) is 16.1. The number of rotatable bonds is 8. The molecule has 1 aromatic rings. The normalized spacial score (nSPS) is 11.8. The smallest absolute Gasteiger partial charge is 0.249 e. The lowest BCUT2D eigenvalue weighted by molar-refractivity contribution is -0.131. The Balaban J connectivity index is 0.00000441. The van der Waals surface area contributed by atoms with Gasteiger partial charge in [0.2, 0.25) is 15.9 Å². The summed E-state index contributed by atoms with van der Waals surface area (Å²) in [6.07, 6.45) is 1.35. The zero-order valence-electron chi connectivity index (χ0n) is 13.0. The topological polar surface area (TPSA) is 101 Å². The largest absolute Gasteiger partial charge is 0.351 e. The molecule has 0 radical (unpaired) electrons. The fourth-order valence-electron chi connectivity index (χ4n) is 2.01. The molecule has 1 heterocycles. The molecule has 1 rings (SSSR count). The molecule has 0 aliphatic heterocycles. The van der Waals surface area contributed by atoms with Gasteiger partial charge < -0.3 is 11.1 Å². The highest BCUT2D eigenvalue weighted by Gasteiger charge is 2.33. The van der Waals surface area contributed by atoms with Gasteiger partial charge in [0.25, 0.3) is 0 Å². The molecule has 22 heavy (non-hydrogen) atoms. The lowest BCUT2D eigenvalue weighted by Crippen LogP contribution is -2.44. The van der Waals surface area contributed by atoms with Gasteiger partial charge in [0.15, 0.2) is 0 Å². The van der Waals surface area contributed by atoms with Crippen LogP contribution < -0.4 is 15.8 Å². The van der Waals surface area contributed by atoms with Crippen molar-refractivity contribution in [2.75, 3.05) is 13.6 Å². The van der Waals surface area contributed by atoms with E-state index in [0.29, 0.717) is 25.9 Å². The molecule has 0 saturated heterocycles. The van der Waals surface area contributed by atoms with E-state index >= 15 is 0 Å². The van der Waals surface area contributed by atoms with Crippen molar-refractivity contribution in [3.05, 3.63) is 17.0 Å². The molecule has 128 valence electrons. The van der Waals surface area contributed by atoms with Crippen LogP contribution >= 0.6 is 23.7 Å². The van der Waals surface area contributed by atoms with Gasteiger partial charge in [-0.3, -0.25) is 4.79 Å². The van der Waals surface area contributed by atoms with Crippen LogP contribution in [0, 0.1) is 5.41 Å². The van der Waals surface area contributed by atoms with Crippen LogP contribution in [0.1, 0.15) is 31.6 Å². The molecule has 1 amide bonds. The number of hydrogen-bond acceptors (Lipinski definition) is 5. The van der Waals surface area contributed by atoms with E-state index in [0.717, 1.165) is 16.2 Å². The summed E-state index contributed by atoms with van der Waals surface area (Å²) < 4.78 is 25.8. The Labute approximate surface area is 142 Å². The Bertz CT molecular complexity index is 575. The molecule has 0 aromatic carbocycles. The number of amides is 1. The average Bonchev–Trinajstić information content (AvgIpc) is 2.97. The van der Waals surface area contributed by atoms with Gasteiger partial charge in [-0.05, 0) is 32.0 Å². The third-order valence-electron chi connectivity index (χ3n) is 3.82. The highest BCUT2D eigenvalue weighted by Crippen LogP contribution is 2.26. The molecule has 0 aliphatic rings. The standard InChI is InChI=1S/C13H23N3O3S2.ClH/c1-4-13(5-2,9-14)12(17)16-8-10-6-7-11(20-10)21(18,19)15-3;/h6-7,15H,4-5,8-9,14H2,1-3H3,(H,16,17);1H. The van der Waals surface area contributed by atoms with E-state index in [9.17, 15) is 13.2 Å². The molecule has 0 unspecified atom stereocenters. The van der Waals surface area contributed by atoms with Crippen LogP contribution in [0.15, 0.2) is 16.3 Å². The van der Waals surface area contributed by atoms with E-state index in [1.165, 1.54) is 13.1 Å². The summed E-state index contributed by atoms with van der Waals surface area (Å²) in [7, 11) is -2.05. The van der Waals surface area contributed by atoms with Gasteiger partial charge in [-0.15, -0.1) is 23.7 Å². The highest BCUT2D eigenvalue weighted by molar-refractivity contribution is 7.91. The quantitative estimate of drug-likeness (QED) is 0.645. The lowest BCUT2D eigenvalue weighted by Gasteiger charge is -2.28. The summed E-state index contributed by atoms with van der Waals surface area (Å²) in [5.74, 6) is -0.0820. The average molecular weight is 370 g/mol. The van der Waals surface area contributed by atoms with Crippen LogP contribution in [0.3, 0.4) is 0 Å². The first-order chi connectivity index (χ1) is 9.85. The maximum Gasteiger partial charge on any atom is 0.249 e. The van der Waals surface area contributed by atoms with Gasteiger partial charge in [0, 0.05) is 11.4 Å². The number of nitrogens with one attached hydrogen (secondary N) is 2. The molecule has 0 aliphatic carbocycles. The second-order valence-corrected chi connectivity index (χ2v) is 8.08. The van der Waals surface area contributed by atoms with E-state index in [4.69, 9.17) is 5.73 Å². The summed E-state index contributed by atoms with van der Waals surface area (Å²) in [5, 5.41) is 2.85. The first-order valence-corrected chi connectivity index (χ1v) is 9.15. The van der Waals surface area contributed by atoms with E-state index in [1.807, 2.05) is 13.8 Å². The minimum absolute atomic E-state index is 0. The van der Waals surface area contributed by atoms with Crippen molar-refractivity contribution in [1.82, 2.24) is 10.0 Å². The fourth-order valence-corrected chi connectivity index (χ4v) is 4.14. The summed E-state index contributed by atoms with van der Waals surface area (Å²) in [6, 6.07) is 3.24. The molecule has 0 atom stereocenters. The predicted molar refractivity (Wildman–Crippen MR) is 91.7 cm³/mol. The third-order valence-corrected chi connectivity index (χ3v) is 6.81. The zero-order valence-corrected chi connectivity index (χ0v) is 15.5. The second kappa shape index (κ2) is 8.83. The van der Waals surface area contributed by atoms with Crippen molar-refractivity contribution in [3.63, 3.8) is 0 Å². The molecule has 9 heteroatoms. The first-order valence-electron chi connectivity index (χ1n) is 6.85. The first kappa shape index (κ1) is 21.3. The van der Waals surface area contributed by atoms with Crippen molar-refractivity contribution in [1.29, 1.82) is 0 Å². The van der Waals surface area contributed by atoms with E-state index in [-0.39, 0.29) is 22.5 Å². The SMILES string of the molecule is CCC(CC)(CN)C(=O)NCc1ccc(S(=O)(=O)NC)s1.Cl. The van der Waals surface area contributed by atoms with Gasteiger partial charge in [0.05, 0.1) is 12.0 Å². The maximum atomic E-state index is 12.3. The van der Waals surface area contributed by atoms with Crippen LogP contribution in [0.5, 0.6) is 0 Å². The summed E-state index contributed by atoms with van der Waals surface area (Å²) >= 11 is 1.14. The number of carbonyl (C=O) groups is 1. The number of thiophene rings is 1. The van der Waals surface area contributed by atoms with Crippen molar-refractivity contribution in [2.45, 2.75) is 37.4 Å². The van der Waals surface area contributed by atoms with E-state index in [2.05, 4.69) is 10.0 Å². The van der Waals surface area contributed by atoms with Gasteiger partial charge >= 0.3 is 0 Å². The molecular weight excluding hydrogens is 346 g/mol. The van der Waals surface area contributed by atoms with Gasteiger partial charge in [-0.1, -0.05) is 13.8 Å². The van der Waals surface area contributed by atoms with Gasteiger partial charge in [-0.25, -0.2) is 13.1 Å². The molecule has 0 bridgehead atoms. The Kier molecular flexibility index (Phi) is 8.56. The van der Waals surface area contributed by atoms with Gasteiger partial charge in [-0.2, -0.15) is 0 Å². The van der Waals surface area contributed by atoms with Crippen molar-refractivity contribution in [2.24, 2.45) is 11.1 Å². The lowest BCUT2D eigenvalue weighted by atomic mass is 9.81. The maximum absolute atomic E-state index is 12.3. The van der Waals surface area contributed by atoms with Crippen LogP contribution in [-0.4, -0.2) is 27.9 Å². The molecule has 1 aromatic heterocycles.